The Morgan fingerprint density at radius 2 is 2.05 bits per heavy atom. The van der Waals surface area contributed by atoms with Crippen LogP contribution in [0, 0.1) is 0 Å². The monoisotopic (exact) mass is 290 g/mol. The minimum Gasteiger partial charge on any atom is -0.480 e. The molecule has 1 aromatic rings. The van der Waals surface area contributed by atoms with Crippen LogP contribution in [0.25, 0.3) is 0 Å². The van der Waals surface area contributed by atoms with Crippen LogP contribution in [0.2, 0.25) is 0 Å². The van der Waals surface area contributed by atoms with Gasteiger partial charge in [-0.2, -0.15) is 0 Å². The van der Waals surface area contributed by atoms with Crippen LogP contribution < -0.4 is 5.32 Å². The second-order valence-electron chi connectivity index (χ2n) is 5.46. The standard InChI is InChI=1S/C15H18N2O4/c18-14(19)13-7-10-3-1-2-4-11(10)8-17(13)15(20)16-12-5-6-21-9-12/h1-4,12-13H,5-9H2,(H,16,20)(H,18,19)/t12?,13-/m0/s1. The van der Waals surface area contributed by atoms with Crippen LogP contribution in [0.1, 0.15) is 17.5 Å². The third-order valence-electron chi connectivity index (χ3n) is 4.05. The lowest BCUT2D eigenvalue weighted by Gasteiger charge is -2.35. The minimum atomic E-state index is -0.970. The Labute approximate surface area is 122 Å². The van der Waals surface area contributed by atoms with Gasteiger partial charge in [0.25, 0.3) is 0 Å². The summed E-state index contributed by atoms with van der Waals surface area (Å²) in [4.78, 5) is 25.3. The van der Waals surface area contributed by atoms with Crippen LogP contribution >= 0.6 is 0 Å². The third kappa shape index (κ3) is 2.85. The largest absolute Gasteiger partial charge is 0.480 e. The minimum absolute atomic E-state index is 0.0240. The maximum atomic E-state index is 12.4. The van der Waals surface area contributed by atoms with Crippen molar-refractivity contribution in [1.82, 2.24) is 10.2 Å². The zero-order chi connectivity index (χ0) is 14.8. The summed E-state index contributed by atoms with van der Waals surface area (Å²) in [6.07, 6.45) is 1.12. The highest BCUT2D eigenvalue weighted by Crippen LogP contribution is 2.23. The van der Waals surface area contributed by atoms with Crippen molar-refractivity contribution < 1.29 is 19.4 Å². The Morgan fingerprint density at radius 3 is 2.71 bits per heavy atom. The van der Waals surface area contributed by atoms with Crippen LogP contribution in [0.5, 0.6) is 0 Å². The van der Waals surface area contributed by atoms with Gasteiger partial charge in [-0.15, -0.1) is 0 Å². The average molecular weight is 290 g/mol. The van der Waals surface area contributed by atoms with E-state index < -0.39 is 12.0 Å². The van der Waals surface area contributed by atoms with Gasteiger partial charge < -0.3 is 20.1 Å². The van der Waals surface area contributed by atoms with E-state index in [9.17, 15) is 14.7 Å². The van der Waals surface area contributed by atoms with Crippen LogP contribution in [-0.4, -0.2) is 47.3 Å². The zero-order valence-electron chi connectivity index (χ0n) is 11.6. The van der Waals surface area contributed by atoms with E-state index in [1.165, 1.54) is 4.90 Å². The van der Waals surface area contributed by atoms with Crippen molar-refractivity contribution in [2.24, 2.45) is 0 Å². The summed E-state index contributed by atoms with van der Waals surface area (Å²) in [5.74, 6) is -0.970. The van der Waals surface area contributed by atoms with Gasteiger partial charge in [0.15, 0.2) is 0 Å². The molecule has 0 spiro atoms. The molecule has 6 heteroatoms. The second-order valence-corrected chi connectivity index (χ2v) is 5.46. The number of ether oxygens (including phenoxy) is 1. The van der Waals surface area contributed by atoms with Gasteiger partial charge >= 0.3 is 12.0 Å². The van der Waals surface area contributed by atoms with Crippen LogP contribution in [0.15, 0.2) is 24.3 Å². The first-order valence-corrected chi connectivity index (χ1v) is 7.09. The first-order valence-electron chi connectivity index (χ1n) is 7.09. The number of carbonyl (C=O) groups is 2. The third-order valence-corrected chi connectivity index (χ3v) is 4.05. The summed E-state index contributed by atoms with van der Waals surface area (Å²) >= 11 is 0. The highest BCUT2D eigenvalue weighted by molar-refractivity contribution is 5.83. The molecule has 2 amide bonds. The first-order chi connectivity index (χ1) is 10.1. The van der Waals surface area contributed by atoms with Gasteiger partial charge in [0.1, 0.15) is 6.04 Å². The topological polar surface area (TPSA) is 78.9 Å². The highest BCUT2D eigenvalue weighted by Gasteiger charge is 2.35. The fraction of sp³-hybridized carbons (Fsp3) is 0.467. The van der Waals surface area contributed by atoms with Crippen molar-refractivity contribution in [2.75, 3.05) is 13.2 Å². The number of rotatable bonds is 2. The maximum Gasteiger partial charge on any atom is 0.326 e. The molecule has 1 saturated heterocycles. The average Bonchev–Trinajstić information content (AvgIpc) is 2.98. The Kier molecular flexibility index (Phi) is 3.79. The van der Waals surface area contributed by atoms with Crippen LogP contribution in [0.4, 0.5) is 4.79 Å². The summed E-state index contributed by atoms with van der Waals surface area (Å²) in [6.45, 7) is 1.45. The molecule has 0 aliphatic carbocycles. The van der Waals surface area contributed by atoms with Gasteiger partial charge in [-0.05, 0) is 17.5 Å². The first kappa shape index (κ1) is 13.9. The smallest absolute Gasteiger partial charge is 0.326 e. The number of nitrogens with zero attached hydrogens (tertiary/aromatic N) is 1. The Balaban J connectivity index is 1.78. The molecule has 2 atom stereocenters. The number of amides is 2. The molecule has 0 bridgehead atoms. The number of fused-ring (bicyclic) bond motifs is 1. The quantitative estimate of drug-likeness (QED) is 0.851. The van der Waals surface area contributed by atoms with E-state index in [1.807, 2.05) is 24.3 Å². The zero-order valence-corrected chi connectivity index (χ0v) is 11.6. The molecule has 6 nitrogen and oxygen atoms in total. The number of nitrogens with one attached hydrogen (secondary N) is 1. The van der Waals surface area contributed by atoms with Gasteiger partial charge in [0.05, 0.1) is 12.6 Å². The molecule has 0 aromatic heterocycles. The lowest BCUT2D eigenvalue weighted by atomic mass is 9.94. The molecule has 1 unspecified atom stereocenters. The molecule has 2 aliphatic rings. The number of urea groups is 1. The van der Waals surface area contributed by atoms with E-state index in [4.69, 9.17) is 4.74 Å². The second kappa shape index (κ2) is 5.73. The molecule has 1 fully saturated rings. The Hall–Kier alpha value is -2.08. The van der Waals surface area contributed by atoms with Gasteiger partial charge in [-0.3, -0.25) is 0 Å². The number of carboxylic acid groups (broad SMARTS) is 1. The van der Waals surface area contributed by atoms with E-state index in [2.05, 4.69) is 5.32 Å². The van der Waals surface area contributed by atoms with Crippen molar-refractivity contribution >= 4 is 12.0 Å². The summed E-state index contributed by atoms with van der Waals surface area (Å²) in [6, 6.07) is 6.49. The van der Waals surface area contributed by atoms with Crippen molar-refractivity contribution in [2.45, 2.75) is 31.5 Å². The van der Waals surface area contributed by atoms with E-state index in [0.29, 0.717) is 26.2 Å². The number of carbonyl (C=O) groups excluding carboxylic acids is 1. The molecular weight excluding hydrogens is 272 g/mol. The van der Waals surface area contributed by atoms with E-state index in [0.717, 1.165) is 17.5 Å². The normalized spacial score (nSPS) is 24.5. The van der Waals surface area contributed by atoms with Gasteiger partial charge in [-0.25, -0.2) is 9.59 Å². The lowest BCUT2D eigenvalue weighted by Crippen LogP contribution is -2.54. The summed E-state index contributed by atoms with van der Waals surface area (Å²) in [7, 11) is 0. The summed E-state index contributed by atoms with van der Waals surface area (Å²) < 4.78 is 5.23. The van der Waals surface area contributed by atoms with Crippen molar-refractivity contribution in [3.05, 3.63) is 35.4 Å². The predicted molar refractivity (Wildman–Crippen MR) is 74.9 cm³/mol. The number of hydrogen-bond acceptors (Lipinski definition) is 3. The molecule has 2 heterocycles. The molecular formula is C15H18N2O4. The Morgan fingerprint density at radius 1 is 1.29 bits per heavy atom. The number of carboxylic acids is 1. The van der Waals surface area contributed by atoms with Gasteiger partial charge in [0.2, 0.25) is 0 Å². The lowest BCUT2D eigenvalue weighted by molar-refractivity contribution is -0.142. The summed E-state index contributed by atoms with van der Waals surface area (Å²) in [5.41, 5.74) is 2.01. The van der Waals surface area contributed by atoms with E-state index in [-0.39, 0.29) is 12.1 Å². The van der Waals surface area contributed by atoms with Crippen molar-refractivity contribution in [1.29, 1.82) is 0 Å². The molecule has 0 saturated carbocycles. The molecule has 0 radical (unpaired) electrons. The fourth-order valence-electron chi connectivity index (χ4n) is 2.86. The predicted octanol–water partition coefficient (Wildman–Crippen LogP) is 0.996. The van der Waals surface area contributed by atoms with Crippen molar-refractivity contribution in [3.8, 4) is 0 Å². The van der Waals surface area contributed by atoms with Gasteiger partial charge in [0, 0.05) is 19.6 Å². The number of benzene rings is 1. The van der Waals surface area contributed by atoms with E-state index >= 15 is 0 Å². The molecule has 21 heavy (non-hydrogen) atoms. The Bertz CT molecular complexity index is 554. The molecule has 2 N–H and O–H groups in total. The molecule has 3 rings (SSSR count). The van der Waals surface area contributed by atoms with E-state index in [1.54, 1.807) is 0 Å². The van der Waals surface area contributed by atoms with Gasteiger partial charge in [-0.1, -0.05) is 24.3 Å². The maximum absolute atomic E-state index is 12.4. The SMILES string of the molecule is O=C(O)[C@@H]1Cc2ccccc2CN1C(=O)NC1CCOC1. The van der Waals surface area contributed by atoms with Crippen LogP contribution in [-0.2, 0) is 22.5 Å². The molecule has 112 valence electrons. The number of aliphatic carboxylic acids is 1. The highest BCUT2D eigenvalue weighted by atomic mass is 16.5. The fourth-order valence-corrected chi connectivity index (χ4v) is 2.86. The molecule has 2 aliphatic heterocycles. The molecule has 1 aromatic carbocycles. The summed E-state index contributed by atoms with van der Waals surface area (Å²) in [5, 5.41) is 12.3. The van der Waals surface area contributed by atoms with Crippen LogP contribution in [0.3, 0.4) is 0 Å². The number of hydrogen-bond donors (Lipinski definition) is 2. The van der Waals surface area contributed by atoms with Crippen molar-refractivity contribution in [3.63, 3.8) is 0 Å².